The van der Waals surface area contributed by atoms with Crippen molar-refractivity contribution in [2.45, 2.75) is 0 Å². The van der Waals surface area contributed by atoms with Crippen molar-refractivity contribution in [3.05, 3.63) is 38.2 Å². The highest BCUT2D eigenvalue weighted by molar-refractivity contribution is 6.10. The quantitative estimate of drug-likeness (QED) is 0.495. The summed E-state index contributed by atoms with van der Waals surface area (Å²) < 4.78 is 13.3. The van der Waals surface area contributed by atoms with Crippen LogP contribution in [0.3, 0.4) is 0 Å². The molecule has 0 aliphatic carbocycles. The Hall–Kier alpha value is -3.60. The first-order valence-electron chi connectivity index (χ1n) is 4.67. The number of hydrogen-bond acceptors (Lipinski definition) is 8. The molecule has 0 heterocycles. The van der Waals surface area contributed by atoms with Gasteiger partial charge in [-0.2, -0.15) is 20.0 Å². The summed E-state index contributed by atoms with van der Waals surface area (Å²) in [7, 11) is 0. The van der Waals surface area contributed by atoms with Crippen LogP contribution in [0, 0.1) is 48.7 Å². The summed E-state index contributed by atoms with van der Waals surface area (Å²) in [5, 5.41) is 41.2. The maximum atomic E-state index is 13.3. The molecule has 0 radical (unpaired) electrons. The molecule has 10 nitrogen and oxygen atoms in total. The van der Waals surface area contributed by atoms with Crippen molar-refractivity contribution in [1.29, 1.82) is 10.5 Å². The van der Waals surface area contributed by atoms with Crippen LogP contribution in [0.4, 0.5) is 21.5 Å². The molecule has 0 saturated carbocycles. The normalized spacial score (nSPS) is 8.95. The molecule has 1 aromatic carbocycles. The van der Waals surface area contributed by atoms with Gasteiger partial charge in [0.2, 0.25) is 11.5 Å². The monoisotopic (exact) mass is 278 g/mol. The third-order valence-electron chi connectivity index (χ3n) is 1.96. The minimum atomic E-state index is -1.33. The van der Waals surface area contributed by atoms with Gasteiger partial charge in [0.25, 0.3) is 0 Å². The first-order valence-corrected chi connectivity index (χ1v) is 4.67. The molecule has 1 rings (SSSR count). The van der Waals surface area contributed by atoms with Gasteiger partial charge >= 0.3 is 11.4 Å². The number of hydrogen-bond donors (Lipinski definition) is 1. The van der Waals surface area contributed by atoms with Crippen molar-refractivity contribution in [2.75, 3.05) is 5.43 Å². The molecule has 1 N–H and O–H groups in total. The van der Waals surface area contributed by atoms with Gasteiger partial charge in [-0.25, -0.2) is 0 Å². The Labute approximate surface area is 109 Å². The van der Waals surface area contributed by atoms with Crippen LogP contribution in [-0.4, -0.2) is 15.6 Å². The fourth-order valence-corrected chi connectivity index (χ4v) is 1.12. The topological polar surface area (TPSA) is 158 Å². The van der Waals surface area contributed by atoms with Crippen LogP contribution >= 0.6 is 0 Å². The number of nitro groups is 2. The van der Waals surface area contributed by atoms with Crippen LogP contribution in [0.1, 0.15) is 0 Å². The maximum Gasteiger partial charge on any atom is 0.311 e. The number of nitro benzene ring substituents is 2. The average Bonchev–Trinajstić information content (AvgIpc) is 2.39. The van der Waals surface area contributed by atoms with E-state index >= 15 is 0 Å². The van der Waals surface area contributed by atoms with Crippen molar-refractivity contribution in [3.63, 3.8) is 0 Å². The molecule has 20 heavy (non-hydrogen) atoms. The average molecular weight is 278 g/mol. The minimum Gasteiger partial charge on any atom is -0.270 e. The van der Waals surface area contributed by atoms with Gasteiger partial charge in [-0.15, -0.1) is 0 Å². The van der Waals surface area contributed by atoms with E-state index < -0.39 is 38.4 Å². The Balaban J connectivity index is 3.34. The number of rotatable bonds is 4. The molecule has 0 amide bonds. The van der Waals surface area contributed by atoms with Gasteiger partial charge in [0.15, 0.2) is 0 Å². The second-order valence-electron chi connectivity index (χ2n) is 3.13. The first-order chi connectivity index (χ1) is 9.40. The molecule has 100 valence electrons. The van der Waals surface area contributed by atoms with Gasteiger partial charge in [-0.1, -0.05) is 0 Å². The lowest BCUT2D eigenvalue weighted by Gasteiger charge is -2.02. The van der Waals surface area contributed by atoms with Crippen molar-refractivity contribution >= 4 is 22.8 Å². The molecular weight excluding hydrogens is 275 g/mol. The fourth-order valence-electron chi connectivity index (χ4n) is 1.12. The van der Waals surface area contributed by atoms with Gasteiger partial charge in [0.1, 0.15) is 17.8 Å². The van der Waals surface area contributed by atoms with E-state index in [9.17, 15) is 24.6 Å². The lowest BCUT2D eigenvalue weighted by atomic mass is 10.2. The summed E-state index contributed by atoms with van der Waals surface area (Å²) >= 11 is 0. The smallest absolute Gasteiger partial charge is 0.270 e. The zero-order valence-electron chi connectivity index (χ0n) is 9.40. The maximum absolute atomic E-state index is 13.3. The predicted octanol–water partition coefficient (Wildman–Crippen LogP) is 1.46. The van der Waals surface area contributed by atoms with E-state index in [2.05, 4.69) is 5.10 Å². The molecule has 0 aromatic heterocycles. The van der Waals surface area contributed by atoms with Crippen molar-refractivity contribution < 1.29 is 14.2 Å². The summed E-state index contributed by atoms with van der Waals surface area (Å²) in [6.45, 7) is 0. The van der Waals surface area contributed by atoms with E-state index in [1.54, 1.807) is 0 Å². The molecule has 0 aliphatic heterocycles. The Kier molecular flexibility index (Phi) is 4.22. The second kappa shape index (κ2) is 5.83. The summed E-state index contributed by atoms with van der Waals surface area (Å²) in [4.78, 5) is 19.1. The Bertz CT molecular complexity index is 686. The predicted molar refractivity (Wildman–Crippen MR) is 62.0 cm³/mol. The molecular formula is C9H3FN6O4. The van der Waals surface area contributed by atoms with Crippen LogP contribution in [0.2, 0.25) is 0 Å². The van der Waals surface area contributed by atoms with Gasteiger partial charge < -0.3 is 0 Å². The molecule has 11 heteroatoms. The van der Waals surface area contributed by atoms with Gasteiger partial charge in [0, 0.05) is 6.07 Å². The fraction of sp³-hybridized carbons (Fsp3) is 0. The van der Waals surface area contributed by atoms with Crippen molar-refractivity contribution in [2.24, 2.45) is 5.10 Å². The van der Waals surface area contributed by atoms with Crippen LogP contribution < -0.4 is 5.43 Å². The molecule has 0 atom stereocenters. The van der Waals surface area contributed by atoms with Crippen LogP contribution in [0.5, 0.6) is 0 Å². The number of benzene rings is 1. The lowest BCUT2D eigenvalue weighted by Crippen LogP contribution is -2.02. The molecule has 0 unspecified atom stereocenters. The molecule has 1 aromatic rings. The number of nitrogens with zero attached hydrogens (tertiary/aromatic N) is 5. The van der Waals surface area contributed by atoms with E-state index in [0.717, 1.165) is 0 Å². The lowest BCUT2D eigenvalue weighted by molar-refractivity contribution is -0.395. The second-order valence-corrected chi connectivity index (χ2v) is 3.13. The van der Waals surface area contributed by atoms with Crippen LogP contribution in [-0.2, 0) is 0 Å². The third kappa shape index (κ3) is 2.99. The third-order valence-corrected chi connectivity index (χ3v) is 1.96. The number of nitriles is 2. The van der Waals surface area contributed by atoms with E-state index in [4.69, 9.17) is 10.5 Å². The van der Waals surface area contributed by atoms with Crippen LogP contribution in [0.25, 0.3) is 0 Å². The van der Waals surface area contributed by atoms with Gasteiger partial charge in [-0.3, -0.25) is 25.7 Å². The van der Waals surface area contributed by atoms with E-state index in [-0.39, 0.29) is 0 Å². The standard InChI is InChI=1S/C9H3FN6O4/c10-6-1-7(14-13-5(3-11)4-12)9(16(19)20)2-8(6)15(17)18/h1-2,14H. The Morgan fingerprint density at radius 1 is 1.20 bits per heavy atom. The summed E-state index contributed by atoms with van der Waals surface area (Å²) in [5.74, 6) is -1.33. The Morgan fingerprint density at radius 2 is 1.75 bits per heavy atom. The van der Waals surface area contributed by atoms with E-state index in [1.165, 1.54) is 12.1 Å². The number of hydrazone groups is 1. The highest BCUT2D eigenvalue weighted by Crippen LogP contribution is 2.31. The largest absolute Gasteiger partial charge is 0.311 e. The van der Waals surface area contributed by atoms with Gasteiger partial charge in [0.05, 0.1) is 15.9 Å². The molecule has 0 saturated heterocycles. The SMILES string of the molecule is N#CC(C#N)=NNc1cc(F)c([N+](=O)[O-])cc1[N+](=O)[O-]. The highest BCUT2D eigenvalue weighted by Gasteiger charge is 2.24. The number of anilines is 1. The zero-order chi connectivity index (χ0) is 15.3. The summed E-state index contributed by atoms with van der Waals surface area (Å²) in [6, 6.07) is 3.63. The summed E-state index contributed by atoms with van der Waals surface area (Å²) in [5.41, 5.74) is -1.14. The van der Waals surface area contributed by atoms with E-state index in [1.807, 2.05) is 5.43 Å². The molecule has 0 bridgehead atoms. The van der Waals surface area contributed by atoms with Crippen molar-refractivity contribution in [3.8, 4) is 12.1 Å². The molecule has 0 fully saturated rings. The van der Waals surface area contributed by atoms with Crippen molar-refractivity contribution in [1.82, 2.24) is 0 Å². The Morgan fingerprint density at radius 3 is 2.20 bits per heavy atom. The van der Waals surface area contributed by atoms with E-state index in [0.29, 0.717) is 12.1 Å². The minimum absolute atomic E-state index is 0.408. The number of nitrogens with one attached hydrogen (secondary N) is 1. The highest BCUT2D eigenvalue weighted by atomic mass is 19.1. The first kappa shape index (κ1) is 14.5. The van der Waals surface area contributed by atoms with Gasteiger partial charge in [-0.05, 0) is 0 Å². The summed E-state index contributed by atoms with van der Waals surface area (Å²) in [6.07, 6.45) is 0. The van der Waals surface area contributed by atoms with Crippen LogP contribution in [0.15, 0.2) is 17.2 Å². The molecule has 0 spiro atoms. The molecule has 0 aliphatic rings. The number of halogens is 1. The zero-order valence-corrected chi connectivity index (χ0v) is 9.40.